The van der Waals surface area contributed by atoms with Crippen LogP contribution in [0.15, 0.2) is 102 Å². The number of amides is 1. The zero-order valence-electron chi connectivity index (χ0n) is 27.4. The number of pyridine rings is 1. The van der Waals surface area contributed by atoms with Crippen LogP contribution in [0.3, 0.4) is 0 Å². The van der Waals surface area contributed by atoms with Crippen LogP contribution in [0.25, 0.3) is 11.1 Å². The molecule has 1 heterocycles. The quantitative estimate of drug-likeness (QED) is 0.0427. The number of anilines is 1. The molecule has 1 amide bonds. The topological polar surface area (TPSA) is 117 Å². The highest BCUT2D eigenvalue weighted by atomic mass is 33.1. The van der Waals surface area contributed by atoms with Gasteiger partial charge in [0.1, 0.15) is 17.9 Å². The summed E-state index contributed by atoms with van der Waals surface area (Å²) < 4.78 is 11.5. The minimum absolute atomic E-state index is 0.0130. The molecule has 48 heavy (non-hydrogen) atoms. The molecular weight excluding hydrogens is 643 g/mol. The van der Waals surface area contributed by atoms with Gasteiger partial charge in [0.15, 0.2) is 0 Å². The van der Waals surface area contributed by atoms with E-state index in [-0.39, 0.29) is 18.4 Å². The van der Waals surface area contributed by atoms with Crippen LogP contribution in [0, 0.1) is 5.92 Å². The first kappa shape index (κ1) is 35.7. The molecule has 2 atom stereocenters. The molecule has 9 nitrogen and oxygen atoms in total. The average Bonchev–Trinajstić information content (AvgIpc) is 3.43. The number of aromatic nitrogens is 1. The van der Waals surface area contributed by atoms with Gasteiger partial charge in [0, 0.05) is 43.2 Å². The Labute approximate surface area is 291 Å². The molecule has 11 heteroatoms. The number of alkyl carbamates (subject to hydrolysis) is 1. The number of fused-ring (bicyclic) bond motifs is 3. The van der Waals surface area contributed by atoms with Gasteiger partial charge in [-0.3, -0.25) is 10.6 Å². The van der Waals surface area contributed by atoms with E-state index >= 15 is 0 Å². The van der Waals surface area contributed by atoms with E-state index in [9.17, 15) is 9.90 Å². The molecule has 4 aromatic rings. The van der Waals surface area contributed by atoms with E-state index in [0.29, 0.717) is 26.4 Å². The largest absolute Gasteiger partial charge is 0.449 e. The van der Waals surface area contributed by atoms with Crippen LogP contribution in [0.4, 0.5) is 10.5 Å². The Morgan fingerprint density at radius 1 is 0.896 bits per heavy atom. The number of aliphatic hydroxyl groups is 1. The van der Waals surface area contributed by atoms with E-state index in [1.165, 1.54) is 11.1 Å². The zero-order valence-corrected chi connectivity index (χ0v) is 29.1. The normalized spacial score (nSPS) is 13.5. The zero-order chi connectivity index (χ0) is 33.6. The molecule has 1 aliphatic carbocycles. The van der Waals surface area contributed by atoms with Gasteiger partial charge in [0.05, 0.1) is 19.4 Å². The van der Waals surface area contributed by atoms with Crippen LogP contribution in [-0.4, -0.2) is 67.2 Å². The van der Waals surface area contributed by atoms with Crippen LogP contribution in [0.1, 0.15) is 36.5 Å². The predicted octanol–water partition coefficient (Wildman–Crippen LogP) is 6.47. The van der Waals surface area contributed by atoms with Crippen LogP contribution in [0.5, 0.6) is 0 Å². The Balaban J connectivity index is 0.951. The van der Waals surface area contributed by atoms with Crippen LogP contribution in [-0.2, 0) is 16.1 Å². The number of hydrogen-bond acceptors (Lipinski definition) is 10. The summed E-state index contributed by atoms with van der Waals surface area (Å²) in [4.78, 5) is 17.2. The molecule has 1 aliphatic rings. The lowest BCUT2D eigenvalue weighted by Gasteiger charge is -2.28. The number of benzene rings is 3. The predicted molar refractivity (Wildman–Crippen MR) is 196 cm³/mol. The number of carbonyl (C=O) groups is 1. The van der Waals surface area contributed by atoms with E-state index < -0.39 is 18.4 Å². The fourth-order valence-corrected chi connectivity index (χ4v) is 7.41. The number of nitrogens with zero attached hydrogens (tertiary/aromatic N) is 1. The summed E-state index contributed by atoms with van der Waals surface area (Å²) in [6.07, 6.45) is 0.337. The van der Waals surface area contributed by atoms with Gasteiger partial charge in [-0.15, -0.1) is 0 Å². The standard InChI is InChI=1S/C37H45N5O4S2/c1-26(2)35(42-37(44)46-24-33-31-11-5-3-9-29(31)30-10-4-6-12-32(30)33)36(43)41-20-19-39-28-16-14-27(15-17-28)23-45-25-38-21-22-47-48-34-13-7-8-18-40-34/h3-18,26,33,35-36,38-39,41,43H,19-25H2,1-2H3,(H,42,44). The summed E-state index contributed by atoms with van der Waals surface area (Å²) in [5.74, 6) is 0.932. The molecule has 0 radical (unpaired) electrons. The SMILES string of the molecule is CC(C)C(NC(=O)OCC1c2ccccc2-c2ccccc21)C(O)NCCNc1ccc(COCNCCSSc2ccccn2)cc1. The van der Waals surface area contributed by atoms with E-state index in [2.05, 4.69) is 50.5 Å². The molecule has 0 saturated carbocycles. The van der Waals surface area contributed by atoms with Crippen molar-refractivity contribution in [2.45, 2.75) is 43.7 Å². The van der Waals surface area contributed by atoms with Crippen LogP contribution >= 0.6 is 21.6 Å². The van der Waals surface area contributed by atoms with Gasteiger partial charge in [-0.2, -0.15) is 0 Å². The highest BCUT2D eigenvalue weighted by Gasteiger charge is 2.30. The summed E-state index contributed by atoms with van der Waals surface area (Å²) in [6.45, 7) is 7.14. The molecule has 0 spiro atoms. The molecule has 0 saturated heterocycles. The molecule has 3 aromatic carbocycles. The maximum absolute atomic E-state index is 12.9. The van der Waals surface area contributed by atoms with Crippen molar-refractivity contribution in [1.82, 2.24) is 20.9 Å². The third-order valence-electron chi connectivity index (χ3n) is 8.07. The third kappa shape index (κ3) is 10.5. The number of rotatable bonds is 19. The number of aliphatic hydroxyl groups excluding tert-OH is 1. The fourth-order valence-electron chi connectivity index (χ4n) is 5.58. The highest BCUT2D eigenvalue weighted by molar-refractivity contribution is 8.76. The van der Waals surface area contributed by atoms with E-state index in [1.54, 1.807) is 27.8 Å². The summed E-state index contributed by atoms with van der Waals surface area (Å²) >= 11 is 0. The second-order valence-electron chi connectivity index (χ2n) is 11.8. The minimum atomic E-state index is -0.932. The van der Waals surface area contributed by atoms with E-state index in [0.717, 1.165) is 39.7 Å². The van der Waals surface area contributed by atoms with Crippen molar-refractivity contribution in [1.29, 1.82) is 0 Å². The van der Waals surface area contributed by atoms with E-state index in [1.807, 2.05) is 80.6 Å². The van der Waals surface area contributed by atoms with Crippen molar-refractivity contribution in [2.75, 3.05) is 44.0 Å². The Morgan fingerprint density at radius 3 is 2.29 bits per heavy atom. The van der Waals surface area contributed by atoms with Crippen LogP contribution in [0.2, 0.25) is 0 Å². The molecule has 0 bridgehead atoms. The van der Waals surface area contributed by atoms with Gasteiger partial charge in [-0.25, -0.2) is 9.78 Å². The summed E-state index contributed by atoms with van der Waals surface area (Å²) in [7, 11) is 3.45. The van der Waals surface area contributed by atoms with Gasteiger partial charge < -0.3 is 25.2 Å². The van der Waals surface area contributed by atoms with E-state index in [4.69, 9.17) is 9.47 Å². The number of ether oxygens (including phenoxy) is 2. The van der Waals surface area contributed by atoms with Crippen molar-refractivity contribution in [3.63, 3.8) is 0 Å². The summed E-state index contributed by atoms with van der Waals surface area (Å²) in [5.41, 5.74) is 6.76. The first-order valence-corrected chi connectivity index (χ1v) is 18.7. The molecule has 5 rings (SSSR count). The second kappa shape index (κ2) is 18.8. The molecule has 254 valence electrons. The minimum Gasteiger partial charge on any atom is -0.449 e. The maximum atomic E-state index is 12.9. The first-order valence-electron chi connectivity index (χ1n) is 16.3. The van der Waals surface area contributed by atoms with Crippen molar-refractivity contribution in [3.05, 3.63) is 114 Å². The number of hydrogen-bond donors (Lipinski definition) is 5. The second-order valence-corrected chi connectivity index (χ2v) is 14.3. The summed E-state index contributed by atoms with van der Waals surface area (Å²) in [5, 5.41) is 24.6. The molecule has 0 fully saturated rings. The summed E-state index contributed by atoms with van der Waals surface area (Å²) in [6, 6.07) is 30.0. The maximum Gasteiger partial charge on any atom is 0.407 e. The lowest BCUT2D eigenvalue weighted by Crippen LogP contribution is -2.53. The fraction of sp³-hybridized carbons (Fsp3) is 0.351. The number of nitrogens with one attached hydrogen (secondary N) is 4. The van der Waals surface area contributed by atoms with Gasteiger partial charge in [-0.1, -0.05) is 91.4 Å². The monoisotopic (exact) mass is 687 g/mol. The van der Waals surface area contributed by atoms with Gasteiger partial charge in [0.2, 0.25) is 0 Å². The Bertz CT molecular complexity index is 1520. The van der Waals surface area contributed by atoms with Gasteiger partial charge in [0.25, 0.3) is 0 Å². The molecule has 1 aromatic heterocycles. The lowest BCUT2D eigenvalue weighted by molar-refractivity contribution is 0.0665. The van der Waals surface area contributed by atoms with Crippen molar-refractivity contribution in [3.8, 4) is 11.1 Å². The smallest absolute Gasteiger partial charge is 0.407 e. The molecule has 0 aliphatic heterocycles. The van der Waals surface area contributed by atoms with Crippen molar-refractivity contribution in [2.24, 2.45) is 5.92 Å². The number of carbonyl (C=O) groups excluding carboxylic acids is 1. The Morgan fingerprint density at radius 2 is 1.60 bits per heavy atom. The highest BCUT2D eigenvalue weighted by Crippen LogP contribution is 2.44. The third-order valence-corrected chi connectivity index (χ3v) is 10.3. The molecule has 5 N–H and O–H groups in total. The van der Waals surface area contributed by atoms with Crippen molar-refractivity contribution >= 4 is 33.4 Å². The molecule has 2 unspecified atom stereocenters. The Hall–Kier alpha value is -3.58. The lowest BCUT2D eigenvalue weighted by atomic mass is 9.98. The average molecular weight is 688 g/mol. The molecular formula is C37H45N5O4S2. The van der Waals surface area contributed by atoms with Crippen LogP contribution < -0.4 is 21.3 Å². The first-order chi connectivity index (χ1) is 23.5. The van der Waals surface area contributed by atoms with Gasteiger partial charge >= 0.3 is 6.09 Å². The van der Waals surface area contributed by atoms with Crippen molar-refractivity contribution < 1.29 is 19.4 Å². The Kier molecular flexibility index (Phi) is 14.0. The van der Waals surface area contributed by atoms with Gasteiger partial charge in [-0.05, 0) is 68.8 Å².